The minimum Gasteiger partial charge on any atom is -0.490 e. The standard InChI is InChI=1S/C40H45NO4/c1-7-44-35-19-29(17-18-34(35)45-25-28-15-13-26(2)14-16-28)36-37-30(20-39(3,4)22-32(37)42)41(24-27-11-9-8-10-12-27)31-21-40(5,6)23-33(43)38(31)36/h8-19,36H,7,20-25H2,1-6H3. The highest BCUT2D eigenvalue weighted by Crippen LogP contribution is 2.55. The number of nitrogens with zero attached hydrogens (tertiary/aromatic N) is 1. The second kappa shape index (κ2) is 12.0. The minimum absolute atomic E-state index is 0.131. The molecule has 0 unspecified atom stereocenters. The molecule has 0 radical (unpaired) electrons. The lowest BCUT2D eigenvalue weighted by atomic mass is 9.63. The second-order valence-corrected chi connectivity index (χ2v) is 14.5. The van der Waals surface area contributed by atoms with Gasteiger partial charge in [0.2, 0.25) is 0 Å². The van der Waals surface area contributed by atoms with Crippen molar-refractivity contribution in [2.24, 2.45) is 10.8 Å². The molecule has 0 atom stereocenters. The van der Waals surface area contributed by atoms with Crippen LogP contribution in [-0.4, -0.2) is 23.1 Å². The molecule has 0 spiro atoms. The van der Waals surface area contributed by atoms with Gasteiger partial charge in [0.05, 0.1) is 6.61 Å². The first-order chi connectivity index (χ1) is 21.4. The summed E-state index contributed by atoms with van der Waals surface area (Å²) in [6, 6.07) is 24.7. The van der Waals surface area contributed by atoms with Gasteiger partial charge in [-0.15, -0.1) is 0 Å². The van der Waals surface area contributed by atoms with E-state index in [2.05, 4.69) is 88.0 Å². The van der Waals surface area contributed by atoms with Gasteiger partial charge in [-0.3, -0.25) is 9.59 Å². The van der Waals surface area contributed by atoms with Crippen molar-refractivity contribution < 1.29 is 19.1 Å². The lowest BCUT2D eigenvalue weighted by Gasteiger charge is -2.49. The van der Waals surface area contributed by atoms with Crippen molar-refractivity contribution in [3.8, 4) is 11.5 Å². The van der Waals surface area contributed by atoms with Gasteiger partial charge in [0, 0.05) is 47.8 Å². The van der Waals surface area contributed by atoms with E-state index in [-0.39, 0.29) is 22.4 Å². The summed E-state index contributed by atoms with van der Waals surface area (Å²) in [4.78, 5) is 30.8. The molecule has 1 aliphatic heterocycles. The average molecular weight is 604 g/mol. The summed E-state index contributed by atoms with van der Waals surface area (Å²) in [6.45, 7) is 14.3. The summed E-state index contributed by atoms with van der Waals surface area (Å²) in [5.41, 5.74) is 7.67. The third kappa shape index (κ3) is 6.36. The summed E-state index contributed by atoms with van der Waals surface area (Å²) in [6.07, 6.45) is 2.47. The summed E-state index contributed by atoms with van der Waals surface area (Å²) >= 11 is 0. The van der Waals surface area contributed by atoms with Crippen molar-refractivity contribution in [1.82, 2.24) is 4.90 Å². The van der Waals surface area contributed by atoms with Gasteiger partial charge in [-0.1, -0.05) is 93.9 Å². The van der Waals surface area contributed by atoms with Crippen LogP contribution in [0.25, 0.3) is 0 Å². The molecule has 234 valence electrons. The van der Waals surface area contributed by atoms with Crippen molar-refractivity contribution in [3.63, 3.8) is 0 Å². The van der Waals surface area contributed by atoms with E-state index in [0.29, 0.717) is 44.1 Å². The predicted octanol–water partition coefficient (Wildman–Crippen LogP) is 8.86. The van der Waals surface area contributed by atoms with Gasteiger partial charge >= 0.3 is 0 Å². The Morgan fingerprint density at radius 2 is 1.31 bits per heavy atom. The second-order valence-electron chi connectivity index (χ2n) is 14.5. The van der Waals surface area contributed by atoms with Crippen molar-refractivity contribution in [2.75, 3.05) is 6.61 Å². The lowest BCUT2D eigenvalue weighted by molar-refractivity contribution is -0.119. The van der Waals surface area contributed by atoms with Crippen LogP contribution in [0.15, 0.2) is 95.3 Å². The molecular weight excluding hydrogens is 558 g/mol. The number of rotatable bonds is 8. The van der Waals surface area contributed by atoms with Crippen molar-refractivity contribution >= 4 is 11.6 Å². The Hall–Kier alpha value is -4.12. The van der Waals surface area contributed by atoms with E-state index in [0.717, 1.165) is 52.1 Å². The van der Waals surface area contributed by atoms with Crippen LogP contribution < -0.4 is 9.47 Å². The molecule has 0 amide bonds. The zero-order valence-electron chi connectivity index (χ0n) is 27.5. The van der Waals surface area contributed by atoms with E-state index < -0.39 is 5.92 Å². The van der Waals surface area contributed by atoms with Crippen LogP contribution in [0, 0.1) is 17.8 Å². The number of benzene rings is 3. The third-order valence-electron chi connectivity index (χ3n) is 9.32. The highest BCUT2D eigenvalue weighted by Gasteiger charge is 2.49. The van der Waals surface area contributed by atoms with Crippen molar-refractivity contribution in [2.45, 2.75) is 86.3 Å². The molecule has 2 aliphatic carbocycles. The normalized spacial score (nSPS) is 19.4. The Labute approximate surface area is 267 Å². The van der Waals surface area contributed by atoms with Crippen LogP contribution in [0.5, 0.6) is 11.5 Å². The SMILES string of the molecule is CCOc1cc(C2C3=C(CC(C)(C)CC3=O)N(Cc3ccccc3)C3=C2C(=O)CC(C)(C)C3)ccc1OCc1ccc(C)cc1. The van der Waals surface area contributed by atoms with Crippen LogP contribution in [0.3, 0.4) is 0 Å². The molecule has 45 heavy (non-hydrogen) atoms. The number of allylic oxidation sites excluding steroid dienone is 4. The highest BCUT2D eigenvalue weighted by atomic mass is 16.5. The highest BCUT2D eigenvalue weighted by molar-refractivity contribution is 6.06. The molecule has 0 aromatic heterocycles. The molecule has 6 rings (SSSR count). The van der Waals surface area contributed by atoms with Crippen LogP contribution in [-0.2, 0) is 22.7 Å². The zero-order chi connectivity index (χ0) is 31.9. The van der Waals surface area contributed by atoms with Gasteiger partial charge in [0.1, 0.15) is 6.61 Å². The summed E-state index contributed by atoms with van der Waals surface area (Å²) in [5.74, 6) is 1.11. The first-order valence-electron chi connectivity index (χ1n) is 16.2. The Morgan fingerprint density at radius 1 is 0.711 bits per heavy atom. The number of hydrogen-bond acceptors (Lipinski definition) is 5. The molecule has 3 aliphatic rings. The number of Topliss-reactive ketones (excluding diaryl/α,β-unsaturated/α-hetero) is 2. The van der Waals surface area contributed by atoms with Crippen LogP contribution in [0.1, 0.15) is 88.5 Å². The molecule has 0 saturated carbocycles. The van der Waals surface area contributed by atoms with E-state index in [1.54, 1.807) is 0 Å². The van der Waals surface area contributed by atoms with Gasteiger partial charge in [-0.25, -0.2) is 0 Å². The fourth-order valence-corrected chi connectivity index (χ4v) is 7.28. The van der Waals surface area contributed by atoms with Gasteiger partial charge < -0.3 is 14.4 Å². The Balaban J connectivity index is 1.48. The molecule has 0 saturated heterocycles. The molecule has 3 aromatic rings. The van der Waals surface area contributed by atoms with Crippen molar-refractivity contribution in [1.29, 1.82) is 0 Å². The Morgan fingerprint density at radius 3 is 1.89 bits per heavy atom. The fraction of sp³-hybridized carbons (Fsp3) is 0.400. The summed E-state index contributed by atoms with van der Waals surface area (Å²) in [5, 5.41) is 0. The fourth-order valence-electron chi connectivity index (χ4n) is 7.28. The number of carbonyl (C=O) groups excluding carboxylic acids is 2. The molecular formula is C40H45NO4. The van der Waals surface area contributed by atoms with Crippen LogP contribution in [0.4, 0.5) is 0 Å². The summed E-state index contributed by atoms with van der Waals surface area (Å²) in [7, 11) is 0. The van der Waals surface area contributed by atoms with Gasteiger partial charge in [0.25, 0.3) is 0 Å². The minimum atomic E-state index is -0.431. The maximum atomic E-state index is 14.2. The van der Waals surface area contributed by atoms with Crippen molar-refractivity contribution in [3.05, 3.63) is 118 Å². The van der Waals surface area contributed by atoms with Crippen LogP contribution >= 0.6 is 0 Å². The Bertz CT molecular complexity index is 1620. The van der Waals surface area contributed by atoms with E-state index in [1.807, 2.05) is 31.2 Å². The topological polar surface area (TPSA) is 55.8 Å². The van der Waals surface area contributed by atoms with Gasteiger partial charge in [0.15, 0.2) is 23.1 Å². The molecule has 0 fully saturated rings. The summed E-state index contributed by atoms with van der Waals surface area (Å²) < 4.78 is 12.4. The maximum Gasteiger partial charge on any atom is 0.162 e. The van der Waals surface area contributed by atoms with Gasteiger partial charge in [-0.2, -0.15) is 0 Å². The zero-order valence-corrected chi connectivity index (χ0v) is 27.5. The van der Waals surface area contributed by atoms with E-state index in [4.69, 9.17) is 9.47 Å². The number of ketones is 2. The largest absolute Gasteiger partial charge is 0.490 e. The number of hydrogen-bond donors (Lipinski definition) is 0. The predicted molar refractivity (Wildman–Crippen MR) is 178 cm³/mol. The first-order valence-corrected chi connectivity index (χ1v) is 16.2. The quantitative estimate of drug-likeness (QED) is 0.257. The van der Waals surface area contributed by atoms with Gasteiger partial charge in [-0.05, 0) is 66.3 Å². The van der Waals surface area contributed by atoms with E-state index in [9.17, 15) is 9.59 Å². The molecule has 5 nitrogen and oxygen atoms in total. The molecule has 5 heteroatoms. The lowest BCUT2D eigenvalue weighted by Crippen LogP contribution is -2.44. The molecule has 0 bridgehead atoms. The molecule has 3 aromatic carbocycles. The monoisotopic (exact) mass is 603 g/mol. The first kappa shape index (κ1) is 30.9. The average Bonchev–Trinajstić information content (AvgIpc) is 2.97. The number of aryl methyl sites for hydroxylation is 1. The third-order valence-corrected chi connectivity index (χ3v) is 9.32. The smallest absolute Gasteiger partial charge is 0.162 e. The number of ether oxygens (including phenoxy) is 2. The van der Waals surface area contributed by atoms with Crippen LogP contribution in [0.2, 0.25) is 0 Å². The molecule has 0 N–H and O–H groups in total. The van der Waals surface area contributed by atoms with E-state index in [1.165, 1.54) is 5.56 Å². The number of carbonyl (C=O) groups is 2. The van der Waals surface area contributed by atoms with E-state index >= 15 is 0 Å². The Kier molecular flexibility index (Phi) is 8.24. The maximum absolute atomic E-state index is 14.2. The molecule has 1 heterocycles.